The standard InChI is InChI=1S/C21H17ClN2O/c22-17-3-1-4-18-16(17)12-23-21(19-5-2-10-24(18)19)14-6-8-15-13(11-14)7-9-20(15)25/h1-6,8,10-11,21,23H,7,9,12H2. The average molecular weight is 349 g/mol. The van der Waals surface area contributed by atoms with Crippen LogP contribution in [0.15, 0.2) is 54.7 Å². The lowest BCUT2D eigenvalue weighted by Gasteiger charge is -2.19. The Morgan fingerprint density at radius 3 is 2.92 bits per heavy atom. The molecular weight excluding hydrogens is 332 g/mol. The highest BCUT2D eigenvalue weighted by atomic mass is 35.5. The Hall–Kier alpha value is -2.36. The van der Waals surface area contributed by atoms with Crippen LogP contribution in [0.4, 0.5) is 0 Å². The van der Waals surface area contributed by atoms with E-state index < -0.39 is 0 Å². The number of Topliss-reactive ketones (excluding diaryl/α,β-unsaturated/α-hetero) is 1. The zero-order valence-electron chi connectivity index (χ0n) is 13.6. The third-order valence-corrected chi connectivity index (χ3v) is 5.65. The van der Waals surface area contributed by atoms with Gasteiger partial charge in [0.05, 0.1) is 11.7 Å². The van der Waals surface area contributed by atoms with Crippen LogP contribution in [0.2, 0.25) is 5.02 Å². The summed E-state index contributed by atoms with van der Waals surface area (Å²) in [5.74, 6) is 0.262. The molecule has 0 bridgehead atoms. The van der Waals surface area contributed by atoms with E-state index in [0.29, 0.717) is 13.0 Å². The number of fused-ring (bicyclic) bond motifs is 4. The van der Waals surface area contributed by atoms with E-state index in [0.717, 1.165) is 28.3 Å². The maximum atomic E-state index is 11.9. The smallest absolute Gasteiger partial charge is 0.163 e. The molecule has 4 heteroatoms. The summed E-state index contributed by atoms with van der Waals surface area (Å²) >= 11 is 6.44. The molecule has 2 aromatic carbocycles. The zero-order valence-corrected chi connectivity index (χ0v) is 14.4. The van der Waals surface area contributed by atoms with E-state index >= 15 is 0 Å². The number of nitrogens with one attached hydrogen (secondary N) is 1. The number of aryl methyl sites for hydroxylation is 1. The number of carbonyl (C=O) groups excluding carboxylic acids is 1. The van der Waals surface area contributed by atoms with E-state index in [1.807, 2.05) is 18.2 Å². The molecule has 1 aliphatic heterocycles. The van der Waals surface area contributed by atoms with Gasteiger partial charge in [-0.1, -0.05) is 35.9 Å². The molecule has 1 aliphatic carbocycles. The minimum absolute atomic E-state index is 0.0690. The summed E-state index contributed by atoms with van der Waals surface area (Å²) in [6, 6.07) is 16.6. The highest BCUT2D eigenvalue weighted by Gasteiger charge is 2.26. The number of hydrogen-bond acceptors (Lipinski definition) is 2. The maximum absolute atomic E-state index is 11.9. The highest BCUT2D eigenvalue weighted by Crippen LogP contribution is 2.34. The van der Waals surface area contributed by atoms with Gasteiger partial charge in [0.2, 0.25) is 0 Å². The lowest BCUT2D eigenvalue weighted by atomic mass is 9.99. The molecule has 25 heavy (non-hydrogen) atoms. The molecule has 0 spiro atoms. The number of ketones is 1. The number of aromatic nitrogens is 1. The number of halogens is 1. The van der Waals surface area contributed by atoms with E-state index in [2.05, 4.69) is 46.4 Å². The Kier molecular flexibility index (Phi) is 3.34. The van der Waals surface area contributed by atoms with Gasteiger partial charge in [-0.25, -0.2) is 0 Å². The first-order valence-electron chi connectivity index (χ1n) is 8.57. The van der Waals surface area contributed by atoms with Gasteiger partial charge in [-0.2, -0.15) is 0 Å². The summed E-state index contributed by atoms with van der Waals surface area (Å²) in [4.78, 5) is 11.9. The van der Waals surface area contributed by atoms with Crippen LogP contribution in [0.3, 0.4) is 0 Å². The molecular formula is C21H17ClN2O. The quantitative estimate of drug-likeness (QED) is 0.704. The minimum atomic E-state index is 0.0690. The lowest BCUT2D eigenvalue weighted by molar-refractivity contribution is 0.0994. The van der Waals surface area contributed by atoms with Gasteiger partial charge in [-0.15, -0.1) is 0 Å². The Labute approximate surface area is 151 Å². The Morgan fingerprint density at radius 1 is 1.08 bits per heavy atom. The van der Waals surface area contributed by atoms with E-state index in [9.17, 15) is 4.79 Å². The van der Waals surface area contributed by atoms with Crippen molar-refractivity contribution < 1.29 is 4.79 Å². The van der Waals surface area contributed by atoms with Gasteiger partial charge < -0.3 is 9.88 Å². The second kappa shape index (κ2) is 5.58. The Morgan fingerprint density at radius 2 is 2.00 bits per heavy atom. The van der Waals surface area contributed by atoms with Crippen LogP contribution in [0, 0.1) is 0 Å². The fourth-order valence-electron chi connectivity index (χ4n) is 4.05. The number of nitrogens with zero attached hydrogens (tertiary/aromatic N) is 1. The Balaban J connectivity index is 1.64. The topological polar surface area (TPSA) is 34.0 Å². The van der Waals surface area contributed by atoms with Crippen LogP contribution in [-0.4, -0.2) is 10.4 Å². The average Bonchev–Trinajstić information content (AvgIpc) is 3.20. The van der Waals surface area contributed by atoms with Crippen LogP contribution >= 0.6 is 11.6 Å². The van der Waals surface area contributed by atoms with Crippen molar-refractivity contribution in [1.82, 2.24) is 9.88 Å². The van der Waals surface area contributed by atoms with Gasteiger partial charge in [-0.05, 0) is 41.8 Å². The van der Waals surface area contributed by atoms with E-state index in [1.165, 1.54) is 16.8 Å². The van der Waals surface area contributed by atoms with Crippen molar-refractivity contribution in [3.8, 4) is 5.69 Å². The third kappa shape index (κ3) is 2.27. The fraction of sp³-hybridized carbons (Fsp3) is 0.190. The molecule has 0 saturated heterocycles. The van der Waals surface area contributed by atoms with Crippen LogP contribution in [0.25, 0.3) is 5.69 Å². The van der Waals surface area contributed by atoms with Gasteiger partial charge in [0.15, 0.2) is 5.78 Å². The van der Waals surface area contributed by atoms with E-state index in [1.54, 1.807) is 0 Å². The fourth-order valence-corrected chi connectivity index (χ4v) is 4.29. The molecule has 2 heterocycles. The van der Waals surface area contributed by atoms with Crippen molar-refractivity contribution in [2.75, 3.05) is 0 Å². The van der Waals surface area contributed by atoms with E-state index in [4.69, 9.17) is 11.6 Å². The lowest BCUT2D eigenvalue weighted by Crippen LogP contribution is -2.21. The maximum Gasteiger partial charge on any atom is 0.163 e. The molecule has 1 aromatic heterocycles. The summed E-state index contributed by atoms with van der Waals surface area (Å²) < 4.78 is 2.21. The first-order valence-corrected chi connectivity index (χ1v) is 8.94. The molecule has 0 fully saturated rings. The Bertz CT molecular complexity index is 1000. The predicted octanol–water partition coefficient (Wildman–Crippen LogP) is 4.45. The molecule has 0 radical (unpaired) electrons. The van der Waals surface area contributed by atoms with Gasteiger partial charge in [0.25, 0.3) is 0 Å². The van der Waals surface area contributed by atoms with Crippen LogP contribution in [0.1, 0.15) is 45.2 Å². The molecule has 1 atom stereocenters. The second-order valence-electron chi connectivity index (χ2n) is 6.69. The third-order valence-electron chi connectivity index (χ3n) is 5.30. The van der Waals surface area contributed by atoms with Crippen LogP contribution < -0.4 is 5.32 Å². The van der Waals surface area contributed by atoms with Crippen molar-refractivity contribution in [3.05, 3.63) is 87.7 Å². The summed E-state index contributed by atoms with van der Waals surface area (Å²) in [7, 11) is 0. The number of carbonyl (C=O) groups is 1. The molecule has 1 unspecified atom stereocenters. The van der Waals surface area contributed by atoms with Gasteiger partial charge in [0, 0.05) is 41.0 Å². The van der Waals surface area contributed by atoms with Crippen molar-refractivity contribution in [2.24, 2.45) is 0 Å². The second-order valence-corrected chi connectivity index (χ2v) is 7.10. The number of benzene rings is 2. The zero-order chi connectivity index (χ0) is 17.0. The molecule has 2 aliphatic rings. The summed E-state index contributed by atoms with van der Waals surface area (Å²) in [5, 5.41) is 4.43. The van der Waals surface area contributed by atoms with Crippen molar-refractivity contribution in [1.29, 1.82) is 0 Å². The van der Waals surface area contributed by atoms with Gasteiger partial charge in [-0.3, -0.25) is 4.79 Å². The van der Waals surface area contributed by atoms with Crippen molar-refractivity contribution in [2.45, 2.75) is 25.4 Å². The highest BCUT2D eigenvalue weighted by molar-refractivity contribution is 6.31. The summed E-state index contributed by atoms with van der Waals surface area (Å²) in [6.45, 7) is 0.706. The molecule has 3 nitrogen and oxygen atoms in total. The van der Waals surface area contributed by atoms with E-state index in [-0.39, 0.29) is 11.8 Å². The predicted molar refractivity (Wildman–Crippen MR) is 98.6 cm³/mol. The molecule has 3 aromatic rings. The summed E-state index contributed by atoms with van der Waals surface area (Å²) in [6.07, 6.45) is 3.57. The van der Waals surface area contributed by atoms with Crippen LogP contribution in [0.5, 0.6) is 0 Å². The monoisotopic (exact) mass is 348 g/mol. The largest absolute Gasteiger partial charge is 0.319 e. The number of hydrogen-bond donors (Lipinski definition) is 1. The molecule has 0 amide bonds. The van der Waals surface area contributed by atoms with Crippen molar-refractivity contribution in [3.63, 3.8) is 0 Å². The molecule has 0 saturated carbocycles. The van der Waals surface area contributed by atoms with Crippen molar-refractivity contribution >= 4 is 17.4 Å². The summed E-state index contributed by atoms with van der Waals surface area (Å²) in [5.41, 5.74) is 6.67. The molecule has 124 valence electrons. The number of rotatable bonds is 1. The van der Waals surface area contributed by atoms with Gasteiger partial charge in [0.1, 0.15) is 0 Å². The first kappa shape index (κ1) is 14.9. The normalized spacial score (nSPS) is 18.4. The van der Waals surface area contributed by atoms with Crippen LogP contribution in [-0.2, 0) is 13.0 Å². The van der Waals surface area contributed by atoms with Gasteiger partial charge >= 0.3 is 0 Å². The minimum Gasteiger partial charge on any atom is -0.319 e. The molecule has 1 N–H and O–H groups in total. The SMILES string of the molecule is O=C1CCc2cc(C3NCc4c(Cl)cccc4-n4cccc43)ccc21. The first-order chi connectivity index (χ1) is 12.2. The molecule has 5 rings (SSSR count).